The minimum absolute atomic E-state index is 0.262. The van der Waals surface area contributed by atoms with Crippen molar-refractivity contribution in [2.75, 3.05) is 0 Å². The number of hydrogen-bond acceptors (Lipinski definition) is 1. The summed E-state index contributed by atoms with van der Waals surface area (Å²) in [6.07, 6.45) is 4.07. The lowest BCUT2D eigenvalue weighted by molar-refractivity contribution is 0.167. The maximum Gasteiger partial charge on any atom is 0.0792 e. The van der Waals surface area contributed by atoms with E-state index in [1.165, 1.54) is 22.8 Å². The molecule has 1 atom stereocenters. The summed E-state index contributed by atoms with van der Waals surface area (Å²) < 4.78 is 0. The molecule has 0 aromatic heterocycles. The zero-order valence-corrected chi connectivity index (χ0v) is 9.32. The van der Waals surface area contributed by atoms with Gasteiger partial charge in [-0.05, 0) is 41.2 Å². The van der Waals surface area contributed by atoms with E-state index in [1.54, 1.807) is 0 Å². The van der Waals surface area contributed by atoms with Crippen molar-refractivity contribution in [2.45, 2.75) is 31.8 Å². The highest BCUT2D eigenvalue weighted by Gasteiger charge is 2.17. The molecule has 3 rings (SSSR count). The van der Waals surface area contributed by atoms with Crippen molar-refractivity contribution in [3.05, 3.63) is 47.5 Å². The second kappa shape index (κ2) is 3.91. The number of fused-ring (bicyclic) bond motifs is 3. The Balaban J connectivity index is 2.28. The molecule has 0 fully saturated rings. The Hall–Kier alpha value is -1.34. The summed E-state index contributed by atoms with van der Waals surface area (Å²) in [5, 5.41) is 12.7. The molecule has 0 aliphatic heterocycles. The molecule has 1 nitrogen and oxygen atoms in total. The summed E-state index contributed by atoms with van der Waals surface area (Å²) in [5.41, 5.74) is 2.51. The van der Waals surface area contributed by atoms with Crippen molar-refractivity contribution >= 4 is 10.8 Å². The Morgan fingerprint density at radius 3 is 2.81 bits per heavy atom. The van der Waals surface area contributed by atoms with E-state index in [4.69, 9.17) is 0 Å². The van der Waals surface area contributed by atoms with Crippen LogP contribution in [-0.2, 0) is 6.42 Å². The van der Waals surface area contributed by atoms with Gasteiger partial charge in [-0.15, -0.1) is 0 Å². The predicted octanol–water partition coefficient (Wildman–Crippen LogP) is 3.60. The largest absolute Gasteiger partial charge is 0.388 e. The lowest BCUT2D eigenvalue weighted by Crippen LogP contribution is -1.99. The molecular weight excluding hydrogens is 196 g/mol. The highest BCUT2D eigenvalue weighted by molar-refractivity contribution is 5.87. The van der Waals surface area contributed by atoms with E-state index in [2.05, 4.69) is 36.4 Å². The van der Waals surface area contributed by atoms with Gasteiger partial charge < -0.3 is 5.11 Å². The molecule has 82 valence electrons. The lowest BCUT2D eigenvalue weighted by atomic mass is 9.95. The standard InChI is InChI=1S/C15H16O/c16-15-8-4-3-7-13-12-6-2-1-5-11(12)9-10-14(13)15/h1-2,5-6,9-10,15-16H,3-4,7-8H2/t15-/m0/s1. The van der Waals surface area contributed by atoms with Gasteiger partial charge in [-0.25, -0.2) is 0 Å². The number of rotatable bonds is 0. The predicted molar refractivity (Wildman–Crippen MR) is 66.5 cm³/mol. The quantitative estimate of drug-likeness (QED) is 0.661. The van der Waals surface area contributed by atoms with Crippen LogP contribution in [0.25, 0.3) is 10.8 Å². The van der Waals surface area contributed by atoms with Gasteiger partial charge in [0.1, 0.15) is 0 Å². The maximum atomic E-state index is 10.1. The van der Waals surface area contributed by atoms with E-state index in [9.17, 15) is 5.11 Å². The van der Waals surface area contributed by atoms with E-state index in [0.29, 0.717) is 0 Å². The van der Waals surface area contributed by atoms with Gasteiger partial charge in [0.2, 0.25) is 0 Å². The molecule has 1 aliphatic rings. The fourth-order valence-corrected chi connectivity index (χ4v) is 2.74. The molecule has 16 heavy (non-hydrogen) atoms. The van der Waals surface area contributed by atoms with Crippen molar-refractivity contribution in [2.24, 2.45) is 0 Å². The smallest absolute Gasteiger partial charge is 0.0792 e. The van der Waals surface area contributed by atoms with Crippen LogP contribution < -0.4 is 0 Å². The summed E-state index contributed by atoms with van der Waals surface area (Å²) in [6, 6.07) is 12.7. The van der Waals surface area contributed by atoms with Gasteiger partial charge in [-0.2, -0.15) is 0 Å². The van der Waals surface area contributed by atoms with Gasteiger partial charge in [0, 0.05) is 0 Å². The molecule has 0 unspecified atom stereocenters. The molecule has 0 saturated carbocycles. The van der Waals surface area contributed by atoms with Crippen LogP contribution in [0.3, 0.4) is 0 Å². The van der Waals surface area contributed by atoms with Gasteiger partial charge in [0.15, 0.2) is 0 Å². The summed E-state index contributed by atoms with van der Waals surface area (Å²) in [5.74, 6) is 0. The minimum Gasteiger partial charge on any atom is -0.388 e. The monoisotopic (exact) mass is 212 g/mol. The molecule has 0 spiro atoms. The average Bonchev–Trinajstić information content (AvgIpc) is 2.52. The van der Waals surface area contributed by atoms with Crippen molar-refractivity contribution in [1.82, 2.24) is 0 Å². The molecule has 2 aromatic rings. The number of benzene rings is 2. The van der Waals surface area contributed by atoms with Crippen LogP contribution in [0.1, 0.15) is 36.5 Å². The third-order valence-corrected chi connectivity index (χ3v) is 3.59. The molecule has 0 bridgehead atoms. The summed E-state index contributed by atoms with van der Waals surface area (Å²) in [7, 11) is 0. The molecular formula is C15H16O. The Morgan fingerprint density at radius 2 is 1.88 bits per heavy atom. The van der Waals surface area contributed by atoms with Crippen molar-refractivity contribution in [3.63, 3.8) is 0 Å². The van der Waals surface area contributed by atoms with E-state index in [1.807, 2.05) is 0 Å². The first kappa shape index (κ1) is 9.86. The Bertz CT molecular complexity index is 516. The zero-order valence-electron chi connectivity index (χ0n) is 9.32. The number of aliphatic hydroxyl groups is 1. The normalized spacial score (nSPS) is 20.4. The van der Waals surface area contributed by atoms with Crippen LogP contribution in [0.15, 0.2) is 36.4 Å². The van der Waals surface area contributed by atoms with Gasteiger partial charge in [0.05, 0.1) is 6.10 Å². The van der Waals surface area contributed by atoms with E-state index >= 15 is 0 Å². The molecule has 0 saturated heterocycles. The zero-order chi connectivity index (χ0) is 11.0. The lowest BCUT2D eigenvalue weighted by Gasteiger charge is -2.13. The van der Waals surface area contributed by atoms with Gasteiger partial charge >= 0.3 is 0 Å². The molecule has 1 aliphatic carbocycles. The van der Waals surface area contributed by atoms with E-state index < -0.39 is 0 Å². The number of aryl methyl sites for hydroxylation is 1. The topological polar surface area (TPSA) is 20.2 Å². The fraction of sp³-hybridized carbons (Fsp3) is 0.333. The van der Waals surface area contributed by atoms with Gasteiger partial charge in [0.25, 0.3) is 0 Å². The highest BCUT2D eigenvalue weighted by Crippen LogP contribution is 2.33. The minimum atomic E-state index is -0.262. The van der Waals surface area contributed by atoms with Crippen molar-refractivity contribution in [3.8, 4) is 0 Å². The van der Waals surface area contributed by atoms with E-state index in [-0.39, 0.29) is 6.10 Å². The highest BCUT2D eigenvalue weighted by atomic mass is 16.3. The third-order valence-electron chi connectivity index (χ3n) is 3.59. The maximum absolute atomic E-state index is 10.1. The van der Waals surface area contributed by atoms with E-state index in [0.717, 1.165) is 24.8 Å². The summed E-state index contributed by atoms with van der Waals surface area (Å²) in [6.45, 7) is 0. The van der Waals surface area contributed by atoms with Crippen LogP contribution >= 0.6 is 0 Å². The molecule has 2 aromatic carbocycles. The first-order valence-electron chi connectivity index (χ1n) is 6.05. The van der Waals surface area contributed by atoms with Crippen LogP contribution in [0.4, 0.5) is 0 Å². The summed E-state index contributed by atoms with van der Waals surface area (Å²) in [4.78, 5) is 0. The van der Waals surface area contributed by atoms with Crippen LogP contribution in [0, 0.1) is 0 Å². The van der Waals surface area contributed by atoms with Crippen molar-refractivity contribution < 1.29 is 5.11 Å². The van der Waals surface area contributed by atoms with Crippen LogP contribution in [0.2, 0.25) is 0 Å². The van der Waals surface area contributed by atoms with Crippen LogP contribution in [-0.4, -0.2) is 5.11 Å². The second-order valence-electron chi connectivity index (χ2n) is 4.62. The van der Waals surface area contributed by atoms with Gasteiger partial charge in [-0.3, -0.25) is 0 Å². The molecule has 1 heteroatoms. The Labute approximate surface area is 95.7 Å². The molecule has 1 N–H and O–H groups in total. The second-order valence-corrected chi connectivity index (χ2v) is 4.62. The van der Waals surface area contributed by atoms with Gasteiger partial charge in [-0.1, -0.05) is 42.8 Å². The average molecular weight is 212 g/mol. The SMILES string of the molecule is O[C@H]1CCCCc2c1ccc1ccccc21. The molecule has 0 radical (unpaired) electrons. The van der Waals surface area contributed by atoms with Crippen molar-refractivity contribution in [1.29, 1.82) is 0 Å². The third kappa shape index (κ3) is 1.52. The molecule has 0 heterocycles. The van der Waals surface area contributed by atoms with Crippen LogP contribution in [0.5, 0.6) is 0 Å². The first-order chi connectivity index (χ1) is 7.86. The first-order valence-corrected chi connectivity index (χ1v) is 6.05. The number of aliphatic hydroxyl groups excluding tert-OH is 1. The summed E-state index contributed by atoms with van der Waals surface area (Å²) >= 11 is 0. The Kier molecular flexibility index (Phi) is 2.41. The molecule has 0 amide bonds. The Morgan fingerprint density at radius 1 is 1.00 bits per heavy atom. The number of hydrogen-bond donors (Lipinski definition) is 1. The fourth-order valence-electron chi connectivity index (χ4n) is 2.74.